The van der Waals surface area contributed by atoms with Gasteiger partial charge < -0.3 is 4.74 Å². The summed E-state index contributed by atoms with van der Waals surface area (Å²) in [6.07, 6.45) is 2.21. The van der Waals surface area contributed by atoms with Crippen LogP contribution in [0.25, 0.3) is 0 Å². The van der Waals surface area contributed by atoms with Gasteiger partial charge in [-0.3, -0.25) is 4.79 Å². The van der Waals surface area contributed by atoms with Gasteiger partial charge in [0.05, 0.1) is 13.0 Å². The molecule has 1 aliphatic carbocycles. The summed E-state index contributed by atoms with van der Waals surface area (Å²) >= 11 is 6.02. The predicted octanol–water partition coefficient (Wildman–Crippen LogP) is 3.32. The van der Waals surface area contributed by atoms with Crippen molar-refractivity contribution in [3.8, 4) is 0 Å². The highest BCUT2D eigenvalue weighted by Crippen LogP contribution is 2.43. The van der Waals surface area contributed by atoms with E-state index in [4.69, 9.17) is 16.3 Å². The highest BCUT2D eigenvalue weighted by Gasteiger charge is 2.38. The molecule has 0 amide bonds. The summed E-state index contributed by atoms with van der Waals surface area (Å²) in [5.41, 5.74) is 2.07. The zero-order chi connectivity index (χ0) is 11.7. The first-order chi connectivity index (χ1) is 7.61. The van der Waals surface area contributed by atoms with E-state index in [0.717, 1.165) is 24.0 Å². The van der Waals surface area contributed by atoms with Gasteiger partial charge in [0.25, 0.3) is 0 Å². The summed E-state index contributed by atoms with van der Waals surface area (Å²) < 4.78 is 4.87. The SMILES string of the molecule is COC(=O)C(c1cc(C)cc(Cl)c1)C1CC1. The molecule has 1 saturated carbocycles. The molecule has 1 unspecified atom stereocenters. The first-order valence-electron chi connectivity index (χ1n) is 5.46. The third kappa shape index (κ3) is 2.38. The molecule has 0 saturated heterocycles. The molecule has 1 aromatic carbocycles. The quantitative estimate of drug-likeness (QED) is 0.756. The summed E-state index contributed by atoms with van der Waals surface area (Å²) in [7, 11) is 1.44. The monoisotopic (exact) mass is 238 g/mol. The van der Waals surface area contributed by atoms with Gasteiger partial charge in [0.1, 0.15) is 0 Å². The van der Waals surface area contributed by atoms with Crippen molar-refractivity contribution in [1.82, 2.24) is 0 Å². The number of benzene rings is 1. The van der Waals surface area contributed by atoms with Crippen LogP contribution in [0.3, 0.4) is 0 Å². The van der Waals surface area contributed by atoms with Crippen LogP contribution in [-0.4, -0.2) is 13.1 Å². The lowest BCUT2D eigenvalue weighted by Gasteiger charge is -2.15. The first-order valence-corrected chi connectivity index (χ1v) is 5.84. The predicted molar refractivity (Wildman–Crippen MR) is 63.7 cm³/mol. The van der Waals surface area contributed by atoms with Gasteiger partial charge in [-0.05, 0) is 48.9 Å². The molecule has 2 rings (SSSR count). The average molecular weight is 239 g/mol. The third-order valence-electron chi connectivity index (χ3n) is 2.97. The Bertz CT molecular complexity index is 390. The molecule has 0 aliphatic heterocycles. The number of hydrogen-bond donors (Lipinski definition) is 0. The fraction of sp³-hybridized carbons (Fsp3) is 0.462. The highest BCUT2D eigenvalue weighted by molar-refractivity contribution is 6.30. The van der Waals surface area contributed by atoms with E-state index >= 15 is 0 Å². The van der Waals surface area contributed by atoms with Gasteiger partial charge in [-0.2, -0.15) is 0 Å². The van der Waals surface area contributed by atoms with Crippen LogP contribution in [0.5, 0.6) is 0 Å². The normalized spacial score (nSPS) is 16.9. The van der Waals surface area contributed by atoms with E-state index in [1.165, 1.54) is 7.11 Å². The summed E-state index contributed by atoms with van der Waals surface area (Å²) in [6, 6.07) is 5.78. The summed E-state index contributed by atoms with van der Waals surface area (Å²) in [6.45, 7) is 1.98. The Balaban J connectivity index is 2.34. The van der Waals surface area contributed by atoms with Gasteiger partial charge in [0, 0.05) is 5.02 Å². The molecule has 0 spiro atoms. The van der Waals surface area contributed by atoms with Crippen LogP contribution >= 0.6 is 11.6 Å². The maximum Gasteiger partial charge on any atom is 0.313 e. The van der Waals surface area contributed by atoms with Crippen LogP contribution < -0.4 is 0 Å². The molecule has 1 aromatic rings. The zero-order valence-electron chi connectivity index (χ0n) is 9.50. The van der Waals surface area contributed by atoms with Crippen LogP contribution in [0.2, 0.25) is 5.02 Å². The summed E-state index contributed by atoms with van der Waals surface area (Å²) in [5.74, 6) is 0.150. The number of carbonyl (C=O) groups is 1. The fourth-order valence-corrected chi connectivity index (χ4v) is 2.40. The van der Waals surface area contributed by atoms with Crippen molar-refractivity contribution < 1.29 is 9.53 Å². The number of rotatable bonds is 3. The summed E-state index contributed by atoms with van der Waals surface area (Å²) in [4.78, 5) is 11.8. The number of hydrogen-bond acceptors (Lipinski definition) is 2. The molecule has 86 valence electrons. The second kappa shape index (κ2) is 4.46. The standard InChI is InChI=1S/C13H15ClO2/c1-8-5-10(7-11(14)6-8)12(9-3-4-9)13(15)16-2/h5-7,9,12H,3-4H2,1-2H3. The van der Waals surface area contributed by atoms with Crippen LogP contribution in [0.15, 0.2) is 18.2 Å². The van der Waals surface area contributed by atoms with Crippen molar-refractivity contribution in [1.29, 1.82) is 0 Å². The number of esters is 1. The lowest BCUT2D eigenvalue weighted by molar-refractivity contribution is -0.143. The van der Waals surface area contributed by atoms with E-state index in [2.05, 4.69) is 0 Å². The Kier molecular flexibility index (Phi) is 3.20. The number of carbonyl (C=O) groups excluding carboxylic acids is 1. The minimum Gasteiger partial charge on any atom is -0.469 e. The van der Waals surface area contributed by atoms with Gasteiger partial charge in [-0.1, -0.05) is 17.7 Å². The van der Waals surface area contributed by atoms with Crippen LogP contribution in [0, 0.1) is 12.8 Å². The maximum absolute atomic E-state index is 11.8. The molecule has 0 bridgehead atoms. The van der Waals surface area contributed by atoms with Crippen molar-refractivity contribution in [2.45, 2.75) is 25.7 Å². The number of ether oxygens (including phenoxy) is 1. The van der Waals surface area contributed by atoms with E-state index in [9.17, 15) is 4.79 Å². The third-order valence-corrected chi connectivity index (χ3v) is 3.19. The molecule has 3 heteroatoms. The Morgan fingerprint density at radius 2 is 2.12 bits per heavy atom. The van der Waals surface area contributed by atoms with Gasteiger partial charge >= 0.3 is 5.97 Å². The molecule has 1 aliphatic rings. The molecule has 0 heterocycles. The van der Waals surface area contributed by atoms with Gasteiger partial charge in [0.2, 0.25) is 0 Å². The molecular formula is C13H15ClO2. The fourth-order valence-electron chi connectivity index (χ4n) is 2.10. The molecule has 16 heavy (non-hydrogen) atoms. The second-order valence-corrected chi connectivity index (χ2v) is 4.84. The molecule has 0 radical (unpaired) electrons. The van der Waals surface area contributed by atoms with Crippen molar-refractivity contribution in [3.05, 3.63) is 34.3 Å². The van der Waals surface area contributed by atoms with Crippen LogP contribution in [0.1, 0.15) is 29.9 Å². The minimum atomic E-state index is -0.149. The molecule has 1 atom stereocenters. The minimum absolute atomic E-state index is 0.137. The van der Waals surface area contributed by atoms with Crippen LogP contribution in [0.4, 0.5) is 0 Å². The molecule has 2 nitrogen and oxygen atoms in total. The molecular weight excluding hydrogens is 224 g/mol. The molecule has 0 N–H and O–H groups in total. The van der Waals surface area contributed by atoms with Gasteiger partial charge in [-0.25, -0.2) is 0 Å². The van der Waals surface area contributed by atoms with Crippen molar-refractivity contribution in [2.75, 3.05) is 7.11 Å². The zero-order valence-corrected chi connectivity index (χ0v) is 10.3. The van der Waals surface area contributed by atoms with E-state index in [1.54, 1.807) is 0 Å². The highest BCUT2D eigenvalue weighted by atomic mass is 35.5. The Morgan fingerprint density at radius 1 is 1.44 bits per heavy atom. The van der Waals surface area contributed by atoms with E-state index in [1.807, 2.05) is 25.1 Å². The van der Waals surface area contributed by atoms with E-state index in [-0.39, 0.29) is 11.9 Å². The van der Waals surface area contributed by atoms with Crippen LogP contribution in [-0.2, 0) is 9.53 Å². The smallest absolute Gasteiger partial charge is 0.313 e. The Hall–Kier alpha value is -1.02. The number of aryl methyl sites for hydroxylation is 1. The summed E-state index contributed by atoms with van der Waals surface area (Å²) in [5, 5.41) is 0.685. The lowest BCUT2D eigenvalue weighted by Crippen LogP contribution is -2.16. The van der Waals surface area contributed by atoms with E-state index < -0.39 is 0 Å². The topological polar surface area (TPSA) is 26.3 Å². The largest absolute Gasteiger partial charge is 0.469 e. The Labute approximate surface area is 101 Å². The Morgan fingerprint density at radius 3 is 2.62 bits per heavy atom. The van der Waals surface area contributed by atoms with Crippen molar-refractivity contribution in [2.24, 2.45) is 5.92 Å². The van der Waals surface area contributed by atoms with Crippen molar-refractivity contribution >= 4 is 17.6 Å². The van der Waals surface area contributed by atoms with Gasteiger partial charge in [-0.15, -0.1) is 0 Å². The van der Waals surface area contributed by atoms with Gasteiger partial charge in [0.15, 0.2) is 0 Å². The number of methoxy groups -OCH3 is 1. The molecule has 1 fully saturated rings. The molecule has 0 aromatic heterocycles. The lowest BCUT2D eigenvalue weighted by atomic mass is 9.93. The first kappa shape index (κ1) is 11.5. The average Bonchev–Trinajstić information content (AvgIpc) is 3.00. The van der Waals surface area contributed by atoms with Crippen molar-refractivity contribution in [3.63, 3.8) is 0 Å². The van der Waals surface area contributed by atoms with E-state index in [0.29, 0.717) is 10.9 Å². The number of halogens is 1. The maximum atomic E-state index is 11.8. The second-order valence-electron chi connectivity index (χ2n) is 4.40.